The number of hydrogen-bond donors (Lipinski definition) is 0. The quantitative estimate of drug-likeness (QED) is 0.865. The van der Waals surface area contributed by atoms with Gasteiger partial charge in [0.2, 0.25) is 11.8 Å². The Labute approximate surface area is 101 Å². The van der Waals surface area contributed by atoms with Crippen molar-refractivity contribution >= 4 is 15.9 Å². The average Bonchev–Trinajstić information content (AvgIpc) is 2.67. The molecule has 16 heavy (non-hydrogen) atoms. The Morgan fingerprint density at radius 2 is 2.19 bits per heavy atom. The van der Waals surface area contributed by atoms with E-state index >= 15 is 0 Å². The van der Waals surface area contributed by atoms with Crippen molar-refractivity contribution in [3.8, 4) is 11.5 Å². The van der Waals surface area contributed by atoms with Gasteiger partial charge in [-0.2, -0.15) is 0 Å². The van der Waals surface area contributed by atoms with Crippen molar-refractivity contribution in [2.75, 3.05) is 0 Å². The fourth-order valence-electron chi connectivity index (χ4n) is 1.34. The summed E-state index contributed by atoms with van der Waals surface area (Å²) >= 11 is 3.26. The Morgan fingerprint density at radius 1 is 1.38 bits per heavy atom. The summed E-state index contributed by atoms with van der Waals surface area (Å²) < 4.78 is 19.0. The number of halogens is 2. The summed E-state index contributed by atoms with van der Waals surface area (Å²) in [5, 5.41) is 7.84. The summed E-state index contributed by atoms with van der Waals surface area (Å²) in [6.45, 7) is 2.04. The lowest BCUT2D eigenvalue weighted by atomic mass is 10.2. The van der Waals surface area contributed by atoms with E-state index in [4.69, 9.17) is 4.42 Å². The van der Waals surface area contributed by atoms with Crippen molar-refractivity contribution in [1.82, 2.24) is 10.2 Å². The molecule has 0 N–H and O–H groups in total. The normalized spacial score (nSPS) is 10.7. The van der Waals surface area contributed by atoms with E-state index in [1.54, 1.807) is 6.07 Å². The van der Waals surface area contributed by atoms with E-state index in [1.165, 1.54) is 12.1 Å². The zero-order valence-electron chi connectivity index (χ0n) is 8.70. The van der Waals surface area contributed by atoms with E-state index in [-0.39, 0.29) is 5.82 Å². The zero-order chi connectivity index (χ0) is 11.5. The maximum atomic E-state index is 12.9. The average molecular weight is 285 g/mol. The van der Waals surface area contributed by atoms with Crippen LogP contribution in [-0.2, 0) is 6.42 Å². The number of hydrogen-bond acceptors (Lipinski definition) is 3. The molecule has 0 radical (unpaired) electrons. The molecule has 2 aromatic rings. The molecule has 0 amide bonds. The highest BCUT2D eigenvalue weighted by Crippen LogP contribution is 2.27. The monoisotopic (exact) mass is 284 g/mol. The Kier molecular flexibility index (Phi) is 3.33. The Hall–Kier alpha value is -1.23. The standard InChI is InChI=1S/C11H10BrFN2O/c1-2-3-10-14-15-11(16-10)8-5-4-7(13)6-9(8)12/h4-6H,2-3H2,1H3. The van der Waals surface area contributed by atoms with Crippen molar-refractivity contribution in [3.63, 3.8) is 0 Å². The van der Waals surface area contributed by atoms with Crippen molar-refractivity contribution in [2.24, 2.45) is 0 Å². The van der Waals surface area contributed by atoms with Gasteiger partial charge in [0.1, 0.15) is 5.82 Å². The van der Waals surface area contributed by atoms with E-state index in [2.05, 4.69) is 26.1 Å². The maximum absolute atomic E-state index is 12.9. The smallest absolute Gasteiger partial charge is 0.248 e. The van der Waals surface area contributed by atoms with Crippen molar-refractivity contribution in [1.29, 1.82) is 0 Å². The summed E-state index contributed by atoms with van der Waals surface area (Å²) in [5.74, 6) is 0.716. The highest BCUT2D eigenvalue weighted by molar-refractivity contribution is 9.10. The molecule has 2 rings (SSSR count). The van der Waals surface area contributed by atoms with Crippen LogP contribution in [0.15, 0.2) is 27.1 Å². The Balaban J connectivity index is 2.35. The van der Waals surface area contributed by atoms with Gasteiger partial charge in [0.15, 0.2) is 0 Å². The fraction of sp³-hybridized carbons (Fsp3) is 0.273. The SMILES string of the molecule is CCCc1nnc(-c2ccc(F)cc2Br)o1. The molecule has 0 bridgehead atoms. The van der Waals surface area contributed by atoms with Crippen LogP contribution in [-0.4, -0.2) is 10.2 Å². The molecule has 0 atom stereocenters. The number of aryl methyl sites for hydroxylation is 1. The fourth-order valence-corrected chi connectivity index (χ4v) is 1.86. The lowest BCUT2D eigenvalue weighted by Crippen LogP contribution is -1.82. The Morgan fingerprint density at radius 3 is 2.88 bits per heavy atom. The number of aromatic nitrogens is 2. The van der Waals surface area contributed by atoms with Gasteiger partial charge in [-0.3, -0.25) is 0 Å². The van der Waals surface area contributed by atoms with Crippen LogP contribution < -0.4 is 0 Å². The van der Waals surface area contributed by atoms with Crippen LogP contribution in [0.25, 0.3) is 11.5 Å². The molecule has 0 aliphatic carbocycles. The first-order valence-corrected chi connectivity index (χ1v) is 5.78. The predicted octanol–water partition coefficient (Wildman–Crippen LogP) is 3.59. The van der Waals surface area contributed by atoms with Crippen LogP contribution in [0, 0.1) is 5.82 Å². The van der Waals surface area contributed by atoms with Gasteiger partial charge in [0.05, 0.1) is 5.56 Å². The second-order valence-electron chi connectivity index (χ2n) is 3.38. The van der Waals surface area contributed by atoms with E-state index in [0.29, 0.717) is 21.8 Å². The van der Waals surface area contributed by atoms with E-state index < -0.39 is 0 Å². The van der Waals surface area contributed by atoms with Crippen LogP contribution in [0.4, 0.5) is 4.39 Å². The van der Waals surface area contributed by atoms with Gasteiger partial charge in [-0.05, 0) is 40.5 Å². The number of nitrogens with zero attached hydrogens (tertiary/aromatic N) is 2. The molecule has 5 heteroatoms. The van der Waals surface area contributed by atoms with Crippen LogP contribution >= 0.6 is 15.9 Å². The van der Waals surface area contributed by atoms with Gasteiger partial charge in [0.25, 0.3) is 0 Å². The topological polar surface area (TPSA) is 38.9 Å². The van der Waals surface area contributed by atoms with Gasteiger partial charge in [-0.15, -0.1) is 10.2 Å². The Bertz CT molecular complexity index is 498. The first-order chi connectivity index (χ1) is 7.70. The maximum Gasteiger partial charge on any atom is 0.248 e. The third-order valence-corrected chi connectivity index (χ3v) is 2.75. The van der Waals surface area contributed by atoms with Gasteiger partial charge in [0, 0.05) is 10.9 Å². The molecule has 0 saturated carbocycles. The summed E-state index contributed by atoms with van der Waals surface area (Å²) in [6, 6.07) is 4.35. The molecule has 1 heterocycles. The highest BCUT2D eigenvalue weighted by atomic mass is 79.9. The molecule has 0 fully saturated rings. The molecule has 0 aliphatic heterocycles. The lowest BCUT2D eigenvalue weighted by Gasteiger charge is -1.98. The molecular weight excluding hydrogens is 275 g/mol. The van der Waals surface area contributed by atoms with Gasteiger partial charge >= 0.3 is 0 Å². The van der Waals surface area contributed by atoms with E-state index in [0.717, 1.165) is 12.8 Å². The van der Waals surface area contributed by atoms with Crippen LogP contribution in [0.3, 0.4) is 0 Å². The van der Waals surface area contributed by atoms with Gasteiger partial charge in [-0.1, -0.05) is 6.92 Å². The molecule has 0 aliphatic rings. The molecule has 84 valence electrons. The van der Waals surface area contributed by atoms with Gasteiger partial charge < -0.3 is 4.42 Å². The third kappa shape index (κ3) is 2.29. The summed E-state index contributed by atoms with van der Waals surface area (Å²) in [7, 11) is 0. The zero-order valence-corrected chi connectivity index (χ0v) is 10.3. The van der Waals surface area contributed by atoms with Crippen LogP contribution in [0.5, 0.6) is 0 Å². The minimum Gasteiger partial charge on any atom is -0.421 e. The van der Waals surface area contributed by atoms with Crippen LogP contribution in [0.1, 0.15) is 19.2 Å². The summed E-state index contributed by atoms with van der Waals surface area (Å²) in [6.07, 6.45) is 1.71. The van der Waals surface area contributed by atoms with Gasteiger partial charge in [-0.25, -0.2) is 4.39 Å². The van der Waals surface area contributed by atoms with Crippen LogP contribution in [0.2, 0.25) is 0 Å². The second-order valence-corrected chi connectivity index (χ2v) is 4.23. The molecule has 0 saturated heterocycles. The third-order valence-electron chi connectivity index (χ3n) is 2.09. The molecule has 0 spiro atoms. The molecular formula is C11H10BrFN2O. The number of rotatable bonds is 3. The van der Waals surface area contributed by atoms with E-state index in [1.807, 2.05) is 6.92 Å². The largest absolute Gasteiger partial charge is 0.421 e. The first kappa shape index (κ1) is 11.3. The van der Waals surface area contributed by atoms with E-state index in [9.17, 15) is 4.39 Å². The summed E-state index contributed by atoms with van der Waals surface area (Å²) in [4.78, 5) is 0. The second kappa shape index (κ2) is 4.74. The number of benzene rings is 1. The van der Waals surface area contributed by atoms with Crippen molar-refractivity contribution in [3.05, 3.63) is 34.4 Å². The molecule has 1 aromatic heterocycles. The van der Waals surface area contributed by atoms with Crippen molar-refractivity contribution in [2.45, 2.75) is 19.8 Å². The summed E-state index contributed by atoms with van der Waals surface area (Å²) in [5.41, 5.74) is 0.705. The lowest BCUT2D eigenvalue weighted by molar-refractivity contribution is 0.502. The van der Waals surface area contributed by atoms with Crippen molar-refractivity contribution < 1.29 is 8.81 Å². The molecule has 1 aromatic carbocycles. The first-order valence-electron chi connectivity index (χ1n) is 4.98. The highest BCUT2D eigenvalue weighted by Gasteiger charge is 2.11. The minimum atomic E-state index is -0.302. The molecule has 3 nitrogen and oxygen atoms in total. The molecule has 0 unspecified atom stereocenters. The minimum absolute atomic E-state index is 0.302. The predicted molar refractivity (Wildman–Crippen MR) is 61.4 cm³/mol.